The van der Waals surface area contributed by atoms with Crippen molar-refractivity contribution >= 4 is 23.2 Å². The van der Waals surface area contributed by atoms with Gasteiger partial charge in [0.2, 0.25) is 0 Å². The number of ether oxygens (including phenoxy) is 1. The first-order chi connectivity index (χ1) is 10.4. The Bertz CT molecular complexity index is 581. The van der Waals surface area contributed by atoms with Gasteiger partial charge in [-0.25, -0.2) is 0 Å². The number of nitro groups is 1. The molecular weight excluding hydrogens is 310 g/mol. The van der Waals surface area contributed by atoms with Crippen molar-refractivity contribution in [2.75, 3.05) is 19.6 Å². The number of nitrogens with one attached hydrogen (secondary N) is 1. The fourth-order valence-corrected chi connectivity index (χ4v) is 2.54. The number of carbonyl (C=O) groups excluding carboxylic acids is 1. The second-order valence-corrected chi connectivity index (χ2v) is 5.65. The largest absolute Gasteiger partial charge is 0.474 e. The van der Waals surface area contributed by atoms with Crippen molar-refractivity contribution in [2.24, 2.45) is 0 Å². The molecule has 0 saturated carbocycles. The summed E-state index contributed by atoms with van der Waals surface area (Å²) in [5.74, 6) is -0.142. The molecule has 1 aromatic carbocycles. The number of nitro benzene ring substituents is 1. The molecule has 0 aromatic heterocycles. The Balaban J connectivity index is 2.13. The van der Waals surface area contributed by atoms with Crippen LogP contribution in [0.2, 0.25) is 5.02 Å². The number of hydrogen-bond donors (Lipinski definition) is 1. The lowest BCUT2D eigenvalue weighted by molar-refractivity contribution is -0.386. The van der Waals surface area contributed by atoms with Crippen LogP contribution in [0, 0.1) is 10.1 Å². The van der Waals surface area contributed by atoms with Gasteiger partial charge in [0, 0.05) is 36.8 Å². The van der Waals surface area contributed by atoms with Gasteiger partial charge in [-0.15, -0.1) is 0 Å². The number of piperazine rings is 1. The fourth-order valence-electron chi connectivity index (χ4n) is 2.38. The van der Waals surface area contributed by atoms with Crippen molar-refractivity contribution in [1.82, 2.24) is 10.2 Å². The highest BCUT2D eigenvalue weighted by molar-refractivity contribution is 6.30. The molecule has 1 aliphatic rings. The van der Waals surface area contributed by atoms with E-state index in [4.69, 9.17) is 16.3 Å². The normalized spacial score (nSPS) is 19.6. The lowest BCUT2D eigenvalue weighted by Gasteiger charge is -2.35. The average molecular weight is 328 g/mol. The molecule has 1 aromatic rings. The summed E-state index contributed by atoms with van der Waals surface area (Å²) in [5, 5.41) is 14.5. The van der Waals surface area contributed by atoms with Crippen LogP contribution < -0.4 is 10.1 Å². The number of benzene rings is 1. The van der Waals surface area contributed by atoms with Crippen LogP contribution in [0.5, 0.6) is 5.75 Å². The maximum absolute atomic E-state index is 12.4. The zero-order valence-corrected chi connectivity index (χ0v) is 13.2. The maximum Gasteiger partial charge on any atom is 0.312 e. The number of hydrogen-bond acceptors (Lipinski definition) is 5. The maximum atomic E-state index is 12.4. The molecule has 7 nitrogen and oxygen atoms in total. The topological polar surface area (TPSA) is 84.7 Å². The number of nitrogens with zero attached hydrogens (tertiary/aromatic N) is 2. The van der Waals surface area contributed by atoms with E-state index < -0.39 is 11.0 Å². The van der Waals surface area contributed by atoms with Gasteiger partial charge in [-0.05, 0) is 26.0 Å². The van der Waals surface area contributed by atoms with Crippen LogP contribution in [-0.2, 0) is 4.79 Å². The Morgan fingerprint density at radius 1 is 1.59 bits per heavy atom. The summed E-state index contributed by atoms with van der Waals surface area (Å²) in [6.45, 7) is 5.58. The summed E-state index contributed by atoms with van der Waals surface area (Å²) in [4.78, 5) is 24.6. The molecule has 1 N–H and O–H groups in total. The average Bonchev–Trinajstić information content (AvgIpc) is 2.48. The third kappa shape index (κ3) is 3.66. The molecule has 1 heterocycles. The number of amides is 1. The number of carbonyl (C=O) groups is 1. The molecule has 0 spiro atoms. The van der Waals surface area contributed by atoms with E-state index in [2.05, 4.69) is 5.32 Å². The van der Waals surface area contributed by atoms with E-state index in [0.717, 1.165) is 13.1 Å². The number of halogens is 1. The minimum Gasteiger partial charge on any atom is -0.474 e. The molecule has 22 heavy (non-hydrogen) atoms. The summed E-state index contributed by atoms with van der Waals surface area (Å²) in [6.07, 6.45) is -0.805. The summed E-state index contributed by atoms with van der Waals surface area (Å²) in [6, 6.07) is 4.18. The highest BCUT2D eigenvalue weighted by Gasteiger charge is 2.29. The predicted octanol–water partition coefficient (Wildman–Crippen LogP) is 1.84. The van der Waals surface area contributed by atoms with Gasteiger partial charge >= 0.3 is 5.69 Å². The SMILES string of the molecule is CC(Oc1ccc(Cl)cc1[N+](=O)[O-])C(=O)N1CCNCC1C. The Labute approximate surface area is 133 Å². The van der Waals surface area contributed by atoms with Gasteiger partial charge in [0.15, 0.2) is 11.9 Å². The van der Waals surface area contributed by atoms with E-state index in [1.165, 1.54) is 18.2 Å². The molecule has 1 amide bonds. The van der Waals surface area contributed by atoms with Crippen LogP contribution >= 0.6 is 11.6 Å². The van der Waals surface area contributed by atoms with E-state index in [1.807, 2.05) is 6.92 Å². The molecule has 0 aliphatic carbocycles. The Kier molecular flexibility index (Phi) is 5.20. The highest BCUT2D eigenvalue weighted by Crippen LogP contribution is 2.30. The minimum absolute atomic E-state index is 0.0398. The first-order valence-electron chi connectivity index (χ1n) is 7.02. The first-order valence-corrected chi connectivity index (χ1v) is 7.39. The van der Waals surface area contributed by atoms with Gasteiger partial charge in [-0.2, -0.15) is 0 Å². The van der Waals surface area contributed by atoms with Gasteiger partial charge in [0.05, 0.1) is 4.92 Å². The van der Waals surface area contributed by atoms with Crippen LogP contribution in [0.15, 0.2) is 18.2 Å². The zero-order chi connectivity index (χ0) is 16.3. The van der Waals surface area contributed by atoms with E-state index in [-0.39, 0.29) is 28.4 Å². The van der Waals surface area contributed by atoms with Crippen LogP contribution in [0.25, 0.3) is 0 Å². The monoisotopic (exact) mass is 327 g/mol. The van der Waals surface area contributed by atoms with Gasteiger partial charge in [0.1, 0.15) is 0 Å². The second kappa shape index (κ2) is 6.93. The van der Waals surface area contributed by atoms with Crippen molar-refractivity contribution in [3.05, 3.63) is 33.3 Å². The third-order valence-electron chi connectivity index (χ3n) is 3.55. The molecule has 1 saturated heterocycles. The summed E-state index contributed by atoms with van der Waals surface area (Å²) < 4.78 is 5.51. The van der Waals surface area contributed by atoms with E-state index in [1.54, 1.807) is 11.8 Å². The quantitative estimate of drug-likeness (QED) is 0.673. The zero-order valence-electron chi connectivity index (χ0n) is 12.4. The van der Waals surface area contributed by atoms with Gasteiger partial charge < -0.3 is 15.0 Å². The van der Waals surface area contributed by atoms with Crippen LogP contribution in [-0.4, -0.2) is 47.5 Å². The predicted molar refractivity (Wildman–Crippen MR) is 82.2 cm³/mol. The van der Waals surface area contributed by atoms with Gasteiger partial charge in [-0.1, -0.05) is 11.6 Å². The van der Waals surface area contributed by atoms with Crippen LogP contribution in [0.3, 0.4) is 0 Å². The molecule has 0 bridgehead atoms. The van der Waals surface area contributed by atoms with Crippen molar-refractivity contribution in [3.63, 3.8) is 0 Å². The smallest absolute Gasteiger partial charge is 0.312 e. The van der Waals surface area contributed by atoms with Gasteiger partial charge in [0.25, 0.3) is 5.91 Å². The lowest BCUT2D eigenvalue weighted by Crippen LogP contribution is -2.55. The van der Waals surface area contributed by atoms with Crippen molar-refractivity contribution in [3.8, 4) is 5.75 Å². The minimum atomic E-state index is -0.805. The van der Waals surface area contributed by atoms with Crippen LogP contribution in [0.4, 0.5) is 5.69 Å². The van der Waals surface area contributed by atoms with Crippen molar-refractivity contribution in [2.45, 2.75) is 26.0 Å². The molecule has 2 rings (SSSR count). The van der Waals surface area contributed by atoms with E-state index in [0.29, 0.717) is 6.54 Å². The fraction of sp³-hybridized carbons (Fsp3) is 0.500. The van der Waals surface area contributed by atoms with E-state index in [9.17, 15) is 14.9 Å². The molecule has 8 heteroatoms. The molecule has 0 radical (unpaired) electrons. The van der Waals surface area contributed by atoms with Crippen LogP contribution in [0.1, 0.15) is 13.8 Å². The summed E-state index contributed by atoms with van der Waals surface area (Å²) >= 11 is 5.76. The second-order valence-electron chi connectivity index (χ2n) is 5.21. The van der Waals surface area contributed by atoms with Gasteiger partial charge in [-0.3, -0.25) is 14.9 Å². The Morgan fingerprint density at radius 2 is 2.32 bits per heavy atom. The molecule has 1 fully saturated rings. The Hall–Kier alpha value is -1.86. The molecule has 2 unspecified atom stereocenters. The summed E-state index contributed by atoms with van der Waals surface area (Å²) in [5.41, 5.74) is -0.250. The standard InChI is InChI=1S/C14H18ClN3O4/c1-9-8-16-5-6-17(9)14(19)10(2)22-13-4-3-11(15)7-12(13)18(20)21/h3-4,7,9-10,16H,5-6,8H2,1-2H3. The Morgan fingerprint density at radius 3 is 2.95 bits per heavy atom. The lowest BCUT2D eigenvalue weighted by atomic mass is 10.2. The summed E-state index contributed by atoms with van der Waals surface area (Å²) in [7, 11) is 0. The first kappa shape index (κ1) is 16.5. The highest BCUT2D eigenvalue weighted by atomic mass is 35.5. The molecule has 2 atom stereocenters. The van der Waals surface area contributed by atoms with Crippen molar-refractivity contribution in [1.29, 1.82) is 0 Å². The van der Waals surface area contributed by atoms with E-state index >= 15 is 0 Å². The number of rotatable bonds is 4. The van der Waals surface area contributed by atoms with Crippen molar-refractivity contribution < 1.29 is 14.5 Å². The molecule has 120 valence electrons. The molecule has 1 aliphatic heterocycles. The molecular formula is C14H18ClN3O4. The third-order valence-corrected chi connectivity index (χ3v) is 3.79.